The number of rotatable bonds is 6. The van der Waals surface area contributed by atoms with Crippen LogP contribution in [0.3, 0.4) is 0 Å². The van der Waals surface area contributed by atoms with Crippen molar-refractivity contribution in [2.75, 3.05) is 32.1 Å². The van der Waals surface area contributed by atoms with Crippen LogP contribution in [0.4, 0.5) is 5.69 Å². The van der Waals surface area contributed by atoms with Gasteiger partial charge >= 0.3 is 0 Å². The van der Waals surface area contributed by atoms with Crippen molar-refractivity contribution in [1.82, 2.24) is 10.6 Å². The third kappa shape index (κ3) is 3.45. The summed E-state index contributed by atoms with van der Waals surface area (Å²) < 4.78 is 5.31. The van der Waals surface area contributed by atoms with E-state index in [1.165, 1.54) is 0 Å². The molecule has 5 heteroatoms. The number of hydrogen-bond donors (Lipinski definition) is 3. The number of fused-ring (bicyclic) bond motifs is 1. The Labute approximate surface area is 107 Å². The van der Waals surface area contributed by atoms with Crippen molar-refractivity contribution in [2.24, 2.45) is 0 Å². The van der Waals surface area contributed by atoms with Crippen molar-refractivity contribution >= 4 is 11.6 Å². The fraction of sp³-hybridized carbons (Fsp3) is 0.462. The van der Waals surface area contributed by atoms with E-state index in [9.17, 15) is 4.79 Å². The molecule has 0 atom stereocenters. The summed E-state index contributed by atoms with van der Waals surface area (Å²) in [6.45, 7) is 2.89. The van der Waals surface area contributed by atoms with Crippen LogP contribution in [-0.4, -0.2) is 32.7 Å². The predicted molar refractivity (Wildman–Crippen MR) is 70.8 cm³/mol. The van der Waals surface area contributed by atoms with Crippen molar-refractivity contribution in [3.8, 4) is 5.75 Å². The predicted octanol–water partition coefficient (Wildman–Crippen LogP) is 0.717. The minimum atomic E-state index is -0.0957. The van der Waals surface area contributed by atoms with E-state index in [0.717, 1.165) is 43.1 Å². The third-order valence-electron chi connectivity index (χ3n) is 2.79. The van der Waals surface area contributed by atoms with E-state index >= 15 is 0 Å². The highest BCUT2D eigenvalue weighted by molar-refractivity contribution is 5.95. The first kappa shape index (κ1) is 12.9. The zero-order valence-electron chi connectivity index (χ0n) is 10.6. The number of hydrogen-bond acceptors (Lipinski definition) is 4. The van der Waals surface area contributed by atoms with E-state index in [1.54, 1.807) is 0 Å². The first-order valence-corrected chi connectivity index (χ1v) is 6.20. The normalized spacial score (nSPS) is 13.7. The molecule has 0 spiro atoms. The molecule has 1 amide bonds. The van der Waals surface area contributed by atoms with Crippen LogP contribution in [0.2, 0.25) is 0 Å². The lowest BCUT2D eigenvalue weighted by molar-refractivity contribution is -0.118. The molecule has 0 saturated heterocycles. The second-order valence-electron chi connectivity index (χ2n) is 4.30. The molecular formula is C13H19N3O2. The highest BCUT2D eigenvalue weighted by Gasteiger charge is 2.15. The summed E-state index contributed by atoms with van der Waals surface area (Å²) in [5.74, 6) is 0.648. The lowest BCUT2D eigenvalue weighted by Crippen LogP contribution is -2.25. The zero-order chi connectivity index (χ0) is 12.8. The number of ether oxygens (including phenoxy) is 1. The summed E-state index contributed by atoms with van der Waals surface area (Å²) in [4.78, 5) is 11.2. The van der Waals surface area contributed by atoms with E-state index in [-0.39, 0.29) is 12.5 Å². The lowest BCUT2D eigenvalue weighted by Gasteiger charge is -2.18. The molecule has 0 unspecified atom stereocenters. The monoisotopic (exact) mass is 249 g/mol. The van der Waals surface area contributed by atoms with Crippen molar-refractivity contribution in [1.29, 1.82) is 0 Å². The maximum Gasteiger partial charge on any atom is 0.262 e. The van der Waals surface area contributed by atoms with Crippen LogP contribution < -0.4 is 20.7 Å². The molecule has 1 aliphatic rings. The summed E-state index contributed by atoms with van der Waals surface area (Å²) in [6, 6.07) is 5.87. The van der Waals surface area contributed by atoms with Crippen molar-refractivity contribution in [3.63, 3.8) is 0 Å². The van der Waals surface area contributed by atoms with Gasteiger partial charge in [0, 0.05) is 6.54 Å². The molecule has 3 N–H and O–H groups in total. The van der Waals surface area contributed by atoms with Gasteiger partial charge in [0.05, 0.1) is 5.69 Å². The van der Waals surface area contributed by atoms with E-state index in [2.05, 4.69) is 16.0 Å². The van der Waals surface area contributed by atoms with Crippen LogP contribution in [0, 0.1) is 0 Å². The van der Waals surface area contributed by atoms with Gasteiger partial charge in [0.25, 0.3) is 5.91 Å². The molecule has 1 aliphatic heterocycles. The molecule has 1 heterocycles. The van der Waals surface area contributed by atoms with E-state index in [4.69, 9.17) is 4.74 Å². The van der Waals surface area contributed by atoms with Crippen LogP contribution in [0.15, 0.2) is 18.2 Å². The summed E-state index contributed by atoms with van der Waals surface area (Å²) in [7, 11) is 1.95. The molecule has 0 bridgehead atoms. The Hall–Kier alpha value is -1.59. The van der Waals surface area contributed by atoms with Crippen LogP contribution in [0.1, 0.15) is 12.0 Å². The van der Waals surface area contributed by atoms with Gasteiger partial charge in [-0.1, -0.05) is 6.07 Å². The first-order chi connectivity index (χ1) is 8.79. The first-order valence-electron chi connectivity index (χ1n) is 6.20. The van der Waals surface area contributed by atoms with Gasteiger partial charge in [-0.15, -0.1) is 0 Å². The van der Waals surface area contributed by atoms with Gasteiger partial charge in [0.1, 0.15) is 5.75 Å². The quantitative estimate of drug-likeness (QED) is 0.650. The van der Waals surface area contributed by atoms with Crippen molar-refractivity contribution < 1.29 is 9.53 Å². The standard InChI is InChI=1S/C13H19N3O2/c1-14-5-2-6-15-8-10-3-4-12-11(7-10)16-13(17)9-18-12/h3-4,7,14-15H,2,5-6,8-9H2,1H3,(H,16,17). The van der Waals surface area contributed by atoms with Gasteiger partial charge in [0.2, 0.25) is 0 Å². The summed E-state index contributed by atoms with van der Waals surface area (Å²) in [6.07, 6.45) is 1.10. The van der Waals surface area contributed by atoms with Gasteiger partial charge in [-0.05, 0) is 44.3 Å². The Morgan fingerprint density at radius 1 is 1.39 bits per heavy atom. The van der Waals surface area contributed by atoms with E-state index < -0.39 is 0 Å². The zero-order valence-corrected chi connectivity index (χ0v) is 10.6. The smallest absolute Gasteiger partial charge is 0.262 e. The second-order valence-corrected chi connectivity index (χ2v) is 4.30. The summed E-state index contributed by atoms with van der Waals surface area (Å²) >= 11 is 0. The Morgan fingerprint density at radius 2 is 2.28 bits per heavy atom. The number of carbonyl (C=O) groups is 1. The van der Waals surface area contributed by atoms with E-state index in [0.29, 0.717) is 0 Å². The molecule has 98 valence electrons. The van der Waals surface area contributed by atoms with E-state index in [1.807, 2.05) is 25.2 Å². The average molecular weight is 249 g/mol. The van der Waals surface area contributed by atoms with Crippen LogP contribution in [-0.2, 0) is 11.3 Å². The number of amides is 1. The lowest BCUT2D eigenvalue weighted by atomic mass is 10.1. The van der Waals surface area contributed by atoms with Gasteiger partial charge < -0.3 is 20.7 Å². The highest BCUT2D eigenvalue weighted by atomic mass is 16.5. The molecule has 0 fully saturated rings. The number of anilines is 1. The third-order valence-corrected chi connectivity index (χ3v) is 2.79. The molecule has 0 aliphatic carbocycles. The van der Waals surface area contributed by atoms with Gasteiger partial charge in [-0.2, -0.15) is 0 Å². The van der Waals surface area contributed by atoms with Crippen LogP contribution in [0.25, 0.3) is 0 Å². The van der Waals surface area contributed by atoms with Crippen molar-refractivity contribution in [2.45, 2.75) is 13.0 Å². The maximum absolute atomic E-state index is 11.2. The Bertz CT molecular complexity index is 421. The van der Waals surface area contributed by atoms with Gasteiger partial charge in [-0.25, -0.2) is 0 Å². The number of nitrogens with one attached hydrogen (secondary N) is 3. The molecule has 5 nitrogen and oxygen atoms in total. The molecule has 1 aromatic rings. The average Bonchev–Trinajstić information content (AvgIpc) is 2.38. The summed E-state index contributed by atoms with van der Waals surface area (Å²) in [5, 5.41) is 9.28. The molecular weight excluding hydrogens is 230 g/mol. The van der Waals surface area contributed by atoms with Crippen LogP contribution in [0.5, 0.6) is 5.75 Å². The fourth-order valence-electron chi connectivity index (χ4n) is 1.86. The fourth-order valence-corrected chi connectivity index (χ4v) is 1.86. The van der Waals surface area contributed by atoms with Crippen molar-refractivity contribution in [3.05, 3.63) is 23.8 Å². The Kier molecular flexibility index (Phi) is 4.55. The second kappa shape index (κ2) is 6.37. The Morgan fingerprint density at radius 3 is 3.11 bits per heavy atom. The number of benzene rings is 1. The van der Waals surface area contributed by atoms with Crippen LogP contribution >= 0.6 is 0 Å². The maximum atomic E-state index is 11.2. The minimum absolute atomic E-state index is 0.0957. The molecule has 18 heavy (non-hydrogen) atoms. The topological polar surface area (TPSA) is 62.4 Å². The SMILES string of the molecule is CNCCCNCc1ccc2c(c1)NC(=O)CO2. The largest absolute Gasteiger partial charge is 0.482 e. The molecule has 0 saturated carbocycles. The molecule has 2 rings (SSSR count). The molecule has 1 aromatic carbocycles. The van der Waals surface area contributed by atoms with Gasteiger partial charge in [0.15, 0.2) is 6.61 Å². The highest BCUT2D eigenvalue weighted by Crippen LogP contribution is 2.28. The molecule has 0 radical (unpaired) electrons. The van der Waals surface area contributed by atoms with Gasteiger partial charge in [-0.3, -0.25) is 4.79 Å². The number of carbonyl (C=O) groups excluding carboxylic acids is 1. The Balaban J connectivity index is 1.86. The summed E-state index contributed by atoms with van der Waals surface area (Å²) in [5.41, 5.74) is 1.91. The minimum Gasteiger partial charge on any atom is -0.482 e. The molecule has 0 aromatic heterocycles.